The first-order valence-corrected chi connectivity index (χ1v) is 4.38. The van der Waals surface area contributed by atoms with Gasteiger partial charge in [-0.15, -0.1) is 0 Å². The van der Waals surface area contributed by atoms with E-state index in [9.17, 15) is 4.79 Å². The Labute approximate surface area is 83.9 Å². The van der Waals surface area contributed by atoms with Crippen molar-refractivity contribution in [3.63, 3.8) is 0 Å². The minimum Gasteiger partial charge on any atom is -0.347 e. The molecule has 1 rings (SSSR count). The molecule has 1 aromatic carbocycles. The summed E-state index contributed by atoms with van der Waals surface area (Å²) in [6.45, 7) is 0.191. The molecule has 0 aliphatic heterocycles. The number of hydrazine groups is 1. The normalized spacial score (nSPS) is 9.64. The second-order valence-electron chi connectivity index (χ2n) is 3.25. The number of para-hydroxylation sites is 1. The lowest BCUT2D eigenvalue weighted by atomic mass is 10.3. The van der Waals surface area contributed by atoms with Gasteiger partial charge in [0.1, 0.15) is 6.54 Å². The van der Waals surface area contributed by atoms with Gasteiger partial charge in [-0.3, -0.25) is 4.79 Å². The first-order chi connectivity index (χ1) is 6.61. The molecule has 0 bridgehead atoms. The van der Waals surface area contributed by atoms with E-state index >= 15 is 0 Å². The van der Waals surface area contributed by atoms with Crippen LogP contribution in [0.25, 0.3) is 0 Å². The van der Waals surface area contributed by atoms with Gasteiger partial charge in [-0.05, 0) is 12.1 Å². The molecular weight excluding hydrogens is 178 g/mol. The Hall–Kier alpha value is -1.55. The van der Waals surface area contributed by atoms with Crippen molar-refractivity contribution in [1.29, 1.82) is 0 Å². The summed E-state index contributed by atoms with van der Waals surface area (Å²) in [7, 11) is 3.42. The third-order valence-corrected chi connectivity index (χ3v) is 1.89. The van der Waals surface area contributed by atoms with E-state index in [2.05, 4.69) is 0 Å². The van der Waals surface area contributed by atoms with Crippen molar-refractivity contribution in [3.05, 3.63) is 30.3 Å². The molecule has 0 fully saturated rings. The lowest BCUT2D eigenvalue weighted by molar-refractivity contribution is -0.127. The summed E-state index contributed by atoms with van der Waals surface area (Å²) < 4.78 is 0. The van der Waals surface area contributed by atoms with Crippen molar-refractivity contribution in [2.75, 3.05) is 25.6 Å². The molecule has 14 heavy (non-hydrogen) atoms. The van der Waals surface area contributed by atoms with Crippen LogP contribution in [0.5, 0.6) is 0 Å². The minimum absolute atomic E-state index is 0.0173. The van der Waals surface area contributed by atoms with Crippen LogP contribution in [-0.4, -0.2) is 31.4 Å². The van der Waals surface area contributed by atoms with Crippen LogP contribution < -0.4 is 10.9 Å². The van der Waals surface area contributed by atoms with Gasteiger partial charge in [0.2, 0.25) is 5.91 Å². The zero-order valence-electron chi connectivity index (χ0n) is 8.47. The number of anilines is 1. The standard InChI is InChI=1S/C10H15N3O/c1-12(2)10(14)8-13(11)9-6-4-3-5-7-9/h3-7H,8,11H2,1-2H3. The molecule has 4 nitrogen and oxygen atoms in total. The monoisotopic (exact) mass is 193 g/mol. The minimum atomic E-state index is -0.0173. The van der Waals surface area contributed by atoms with E-state index in [1.165, 1.54) is 9.91 Å². The Kier molecular flexibility index (Phi) is 3.48. The Balaban J connectivity index is 2.59. The molecule has 0 saturated heterocycles. The molecule has 76 valence electrons. The molecule has 0 aromatic heterocycles. The maximum Gasteiger partial charge on any atom is 0.243 e. The Morgan fingerprint density at radius 2 is 1.86 bits per heavy atom. The van der Waals surface area contributed by atoms with Gasteiger partial charge in [-0.25, -0.2) is 5.84 Å². The average molecular weight is 193 g/mol. The van der Waals surface area contributed by atoms with Crippen LogP contribution in [0.4, 0.5) is 5.69 Å². The number of likely N-dealkylation sites (N-methyl/N-ethyl adjacent to an activating group) is 1. The Morgan fingerprint density at radius 3 is 2.36 bits per heavy atom. The van der Waals surface area contributed by atoms with Gasteiger partial charge in [0, 0.05) is 14.1 Å². The molecule has 0 heterocycles. The maximum atomic E-state index is 11.3. The summed E-state index contributed by atoms with van der Waals surface area (Å²) in [6.07, 6.45) is 0. The highest BCUT2D eigenvalue weighted by atomic mass is 16.2. The predicted molar refractivity (Wildman–Crippen MR) is 56.7 cm³/mol. The van der Waals surface area contributed by atoms with Crippen LogP contribution in [0.2, 0.25) is 0 Å². The molecular formula is C10H15N3O. The summed E-state index contributed by atoms with van der Waals surface area (Å²) in [5.74, 6) is 5.70. The van der Waals surface area contributed by atoms with Gasteiger partial charge in [-0.1, -0.05) is 18.2 Å². The number of hydrogen-bond donors (Lipinski definition) is 1. The number of rotatable bonds is 3. The SMILES string of the molecule is CN(C)C(=O)CN(N)c1ccccc1. The quantitative estimate of drug-likeness (QED) is 0.560. The largest absolute Gasteiger partial charge is 0.347 e. The topological polar surface area (TPSA) is 49.6 Å². The first-order valence-electron chi connectivity index (χ1n) is 4.38. The lowest BCUT2D eigenvalue weighted by Gasteiger charge is -2.20. The molecule has 0 saturated carbocycles. The lowest BCUT2D eigenvalue weighted by Crippen LogP contribution is -2.40. The van der Waals surface area contributed by atoms with Crippen LogP contribution in [0, 0.1) is 0 Å². The summed E-state index contributed by atoms with van der Waals surface area (Å²) in [4.78, 5) is 12.8. The first kappa shape index (κ1) is 10.5. The van der Waals surface area contributed by atoms with Gasteiger partial charge >= 0.3 is 0 Å². The third-order valence-electron chi connectivity index (χ3n) is 1.89. The van der Waals surface area contributed by atoms with Crippen molar-refractivity contribution in [1.82, 2.24) is 4.90 Å². The second-order valence-corrected chi connectivity index (χ2v) is 3.25. The third kappa shape index (κ3) is 2.74. The van der Waals surface area contributed by atoms with E-state index < -0.39 is 0 Å². The highest BCUT2D eigenvalue weighted by molar-refractivity contribution is 5.80. The van der Waals surface area contributed by atoms with E-state index in [1.54, 1.807) is 14.1 Å². The molecule has 0 atom stereocenters. The molecule has 0 aliphatic carbocycles. The summed E-state index contributed by atoms with van der Waals surface area (Å²) in [6, 6.07) is 9.40. The van der Waals surface area contributed by atoms with Gasteiger partial charge < -0.3 is 9.91 Å². The summed E-state index contributed by atoms with van der Waals surface area (Å²) in [5.41, 5.74) is 0.836. The molecule has 0 spiro atoms. The van der Waals surface area contributed by atoms with Gasteiger partial charge in [0.15, 0.2) is 0 Å². The molecule has 0 unspecified atom stereocenters. The maximum absolute atomic E-state index is 11.3. The fourth-order valence-corrected chi connectivity index (χ4v) is 0.998. The molecule has 1 amide bonds. The van der Waals surface area contributed by atoms with E-state index in [4.69, 9.17) is 5.84 Å². The van der Waals surface area contributed by atoms with Crippen LogP contribution in [0.15, 0.2) is 30.3 Å². The predicted octanol–water partition coefficient (Wildman–Crippen LogP) is 0.455. The number of amides is 1. The fraction of sp³-hybridized carbons (Fsp3) is 0.300. The summed E-state index contributed by atoms with van der Waals surface area (Å²) in [5, 5.41) is 1.43. The molecule has 0 aliphatic rings. The van der Waals surface area contributed by atoms with Crippen molar-refractivity contribution in [2.24, 2.45) is 5.84 Å². The van der Waals surface area contributed by atoms with Gasteiger partial charge in [0.05, 0.1) is 5.69 Å². The van der Waals surface area contributed by atoms with Crippen molar-refractivity contribution < 1.29 is 4.79 Å². The summed E-state index contributed by atoms with van der Waals surface area (Å²) >= 11 is 0. The highest BCUT2D eigenvalue weighted by Gasteiger charge is 2.08. The van der Waals surface area contributed by atoms with Crippen LogP contribution in [-0.2, 0) is 4.79 Å². The number of nitrogens with zero attached hydrogens (tertiary/aromatic N) is 2. The number of carbonyl (C=O) groups is 1. The van der Waals surface area contributed by atoms with E-state index in [0.29, 0.717) is 0 Å². The van der Waals surface area contributed by atoms with Gasteiger partial charge in [-0.2, -0.15) is 0 Å². The van der Waals surface area contributed by atoms with E-state index in [0.717, 1.165) is 5.69 Å². The Bertz CT molecular complexity index is 297. The average Bonchev–Trinajstić information content (AvgIpc) is 2.19. The molecule has 1 aromatic rings. The molecule has 2 N–H and O–H groups in total. The van der Waals surface area contributed by atoms with Crippen LogP contribution in [0.3, 0.4) is 0 Å². The van der Waals surface area contributed by atoms with Crippen molar-refractivity contribution >= 4 is 11.6 Å². The number of hydrogen-bond acceptors (Lipinski definition) is 3. The molecule has 4 heteroatoms. The van der Waals surface area contributed by atoms with Crippen molar-refractivity contribution in [2.45, 2.75) is 0 Å². The number of nitrogens with two attached hydrogens (primary N) is 1. The number of benzene rings is 1. The zero-order chi connectivity index (χ0) is 10.6. The van der Waals surface area contributed by atoms with Crippen LogP contribution >= 0.6 is 0 Å². The van der Waals surface area contributed by atoms with E-state index in [1.807, 2.05) is 30.3 Å². The molecule has 0 radical (unpaired) electrons. The Morgan fingerprint density at radius 1 is 1.29 bits per heavy atom. The highest BCUT2D eigenvalue weighted by Crippen LogP contribution is 2.08. The van der Waals surface area contributed by atoms with Crippen molar-refractivity contribution in [3.8, 4) is 0 Å². The number of carbonyl (C=O) groups excluding carboxylic acids is 1. The van der Waals surface area contributed by atoms with Crippen LogP contribution in [0.1, 0.15) is 0 Å². The zero-order valence-corrected chi connectivity index (χ0v) is 8.47. The van der Waals surface area contributed by atoms with E-state index in [-0.39, 0.29) is 12.5 Å². The fourth-order valence-electron chi connectivity index (χ4n) is 0.998. The second kappa shape index (κ2) is 4.62. The van der Waals surface area contributed by atoms with Gasteiger partial charge in [0.25, 0.3) is 0 Å². The smallest absolute Gasteiger partial charge is 0.243 e.